The first-order chi connectivity index (χ1) is 15.7. The minimum atomic E-state index is -0.758. The van der Waals surface area contributed by atoms with Gasteiger partial charge in [0.25, 0.3) is 5.91 Å². The van der Waals surface area contributed by atoms with E-state index in [1.807, 2.05) is 0 Å². The van der Waals surface area contributed by atoms with Gasteiger partial charge in [-0.25, -0.2) is 4.39 Å². The molecule has 182 valence electrons. The van der Waals surface area contributed by atoms with Crippen molar-refractivity contribution in [3.05, 3.63) is 109 Å². The predicted octanol–water partition coefficient (Wildman–Crippen LogP) is 1.23. The molecule has 0 bridgehead atoms. The third-order valence-corrected chi connectivity index (χ3v) is 5.38. The highest BCUT2D eigenvalue weighted by atomic mass is 35.5. The van der Waals surface area contributed by atoms with E-state index in [1.54, 1.807) is 0 Å². The Hall–Kier alpha value is -4.32. The van der Waals surface area contributed by atoms with E-state index in [2.05, 4.69) is 10.3 Å². The molecule has 0 unspecified atom stereocenters. The van der Waals surface area contributed by atoms with Gasteiger partial charge < -0.3 is 31.6 Å². The molecule has 8 N–H and O–H groups in total. The van der Waals surface area contributed by atoms with Crippen molar-refractivity contribution in [3.8, 4) is 0 Å². The number of aromatic amines is 1. The summed E-state index contributed by atoms with van der Waals surface area (Å²) >= 11 is 6.15. The van der Waals surface area contributed by atoms with E-state index in [1.165, 1.54) is 65.4 Å². The lowest BCUT2D eigenvalue weighted by atomic mass is 10.1. The second-order valence-corrected chi connectivity index (χ2v) is 7.59. The van der Waals surface area contributed by atoms with Crippen LogP contribution in [0.2, 0.25) is 5.02 Å². The molecule has 0 saturated carbocycles. The Balaban J connectivity index is 0.00000216. The summed E-state index contributed by atoms with van der Waals surface area (Å²) in [7, 11) is 0. The number of carbonyl (C=O) groups is 2. The fourth-order valence-corrected chi connectivity index (χ4v) is 3.58. The number of anilines is 1. The van der Waals surface area contributed by atoms with Crippen molar-refractivity contribution >= 4 is 40.1 Å². The van der Waals surface area contributed by atoms with Crippen molar-refractivity contribution in [2.45, 2.75) is 6.54 Å². The number of benzene rings is 2. The summed E-state index contributed by atoms with van der Waals surface area (Å²) in [6.45, 7) is -0.0953. The topological polar surface area (TPSA) is 190 Å². The summed E-state index contributed by atoms with van der Waals surface area (Å²) < 4.78 is 15.8. The molecule has 2 heterocycles. The number of hydrogen-bond donors (Lipinski definition) is 3. The molecule has 0 spiro atoms. The summed E-state index contributed by atoms with van der Waals surface area (Å²) in [6.07, 6.45) is 1.28. The van der Waals surface area contributed by atoms with Crippen LogP contribution in [-0.4, -0.2) is 32.3 Å². The highest BCUT2D eigenvalue weighted by molar-refractivity contribution is 6.31. The average Bonchev–Trinajstić information content (AvgIpc) is 2.78. The number of nitrogens with zero attached hydrogens (tertiary/aromatic N) is 1. The molecule has 0 aliphatic heterocycles. The van der Waals surface area contributed by atoms with Gasteiger partial charge in [0.1, 0.15) is 16.9 Å². The minimum absolute atomic E-state index is 0. The number of pyridine rings is 2. The van der Waals surface area contributed by atoms with Crippen molar-refractivity contribution in [1.82, 2.24) is 9.55 Å². The molecule has 0 saturated heterocycles. The maximum atomic E-state index is 14.4. The Bertz CT molecular complexity index is 1510. The van der Waals surface area contributed by atoms with Gasteiger partial charge >= 0.3 is 0 Å². The zero-order valence-corrected chi connectivity index (χ0v) is 18.7. The van der Waals surface area contributed by atoms with Crippen molar-refractivity contribution < 1.29 is 24.9 Å². The highest BCUT2D eigenvalue weighted by Crippen LogP contribution is 2.22. The van der Waals surface area contributed by atoms with Crippen LogP contribution < -0.4 is 22.0 Å². The van der Waals surface area contributed by atoms with E-state index < -0.39 is 28.6 Å². The summed E-state index contributed by atoms with van der Waals surface area (Å²) in [4.78, 5) is 51.4. The summed E-state index contributed by atoms with van der Waals surface area (Å²) in [5, 5.41) is 2.73. The quantitative estimate of drug-likeness (QED) is 0.370. The van der Waals surface area contributed by atoms with Crippen LogP contribution in [0, 0.1) is 5.82 Å². The molecule has 2 aromatic carbocycles. The largest absolute Gasteiger partial charge is 0.412 e. The fourth-order valence-electron chi connectivity index (χ4n) is 3.36. The number of aromatic nitrogens is 2. The number of halogens is 2. The molecular weight excluding hydrogens is 483 g/mol. The number of H-pyrrole nitrogens is 1. The first-order valence-corrected chi connectivity index (χ1v) is 10.0. The van der Waals surface area contributed by atoms with Crippen LogP contribution >= 0.6 is 11.6 Å². The van der Waals surface area contributed by atoms with E-state index in [0.29, 0.717) is 11.2 Å². The normalized spacial score (nSPS) is 10.2. The molecule has 0 atom stereocenters. The standard InChI is InChI=1S/C23H16ClFN4O4.2H2O/c24-16-2-1-3-17(25)14(16)10-29-11-15(21(31)20-18(29)8-9-19(30)28-20)23(33)27-13-6-4-12(5-7-13)22(26)32;;/h1-9,11H,10H2,(H2,26,32)(H,27,33)(H,28,30);2*1H2. The Morgan fingerprint density at radius 2 is 1.71 bits per heavy atom. The van der Waals surface area contributed by atoms with Crippen molar-refractivity contribution in [2.24, 2.45) is 5.73 Å². The number of primary amides is 1. The van der Waals surface area contributed by atoms with Crippen LogP contribution in [0.25, 0.3) is 11.0 Å². The fraction of sp³-hybridized carbons (Fsp3) is 0.0435. The number of fused-ring (bicyclic) bond motifs is 1. The minimum Gasteiger partial charge on any atom is -0.412 e. The lowest BCUT2D eigenvalue weighted by Gasteiger charge is -2.15. The van der Waals surface area contributed by atoms with Crippen LogP contribution in [-0.2, 0) is 6.54 Å². The molecule has 2 aromatic heterocycles. The van der Waals surface area contributed by atoms with Crippen LogP contribution in [0.1, 0.15) is 26.3 Å². The Morgan fingerprint density at radius 3 is 2.34 bits per heavy atom. The summed E-state index contributed by atoms with van der Waals surface area (Å²) in [6, 6.07) is 12.6. The number of nitrogens with two attached hydrogens (primary N) is 1. The molecule has 0 aliphatic carbocycles. The molecule has 35 heavy (non-hydrogen) atoms. The number of rotatable bonds is 5. The molecule has 4 aromatic rings. The number of carbonyl (C=O) groups excluding carboxylic acids is 2. The second kappa shape index (κ2) is 10.7. The van der Waals surface area contributed by atoms with E-state index in [4.69, 9.17) is 17.3 Å². The molecule has 4 rings (SSSR count). The van der Waals surface area contributed by atoms with Gasteiger partial charge in [0, 0.05) is 34.1 Å². The number of amides is 2. The molecular formula is C23H20ClFN4O6. The van der Waals surface area contributed by atoms with Crippen LogP contribution in [0.3, 0.4) is 0 Å². The summed E-state index contributed by atoms with van der Waals surface area (Å²) in [5.74, 6) is -1.94. The lowest BCUT2D eigenvalue weighted by molar-refractivity contribution is 0.0998. The van der Waals surface area contributed by atoms with Gasteiger partial charge in [-0.1, -0.05) is 17.7 Å². The van der Waals surface area contributed by atoms with Gasteiger partial charge in [0.15, 0.2) is 0 Å². The van der Waals surface area contributed by atoms with Crippen LogP contribution in [0.15, 0.2) is 70.4 Å². The Labute approximate surface area is 201 Å². The Kier molecular flexibility index (Phi) is 8.26. The van der Waals surface area contributed by atoms with Crippen molar-refractivity contribution in [1.29, 1.82) is 0 Å². The van der Waals surface area contributed by atoms with Crippen LogP contribution in [0.5, 0.6) is 0 Å². The van der Waals surface area contributed by atoms with E-state index >= 15 is 0 Å². The molecule has 0 aliphatic rings. The monoisotopic (exact) mass is 502 g/mol. The molecule has 0 fully saturated rings. The average molecular weight is 503 g/mol. The zero-order chi connectivity index (χ0) is 23.7. The highest BCUT2D eigenvalue weighted by Gasteiger charge is 2.18. The SMILES string of the molecule is NC(=O)c1ccc(NC(=O)c2cn(Cc3c(F)cccc3Cl)c3ccc(=O)[nH]c3c2=O)cc1.O.O. The smallest absolute Gasteiger partial charge is 0.261 e. The Morgan fingerprint density at radius 1 is 1.03 bits per heavy atom. The lowest BCUT2D eigenvalue weighted by Crippen LogP contribution is -2.26. The van der Waals surface area contributed by atoms with Gasteiger partial charge in [-0.2, -0.15) is 0 Å². The zero-order valence-electron chi connectivity index (χ0n) is 17.9. The van der Waals surface area contributed by atoms with Gasteiger partial charge in [0.2, 0.25) is 16.9 Å². The summed E-state index contributed by atoms with van der Waals surface area (Å²) in [5.41, 5.74) is 4.60. The van der Waals surface area contributed by atoms with Gasteiger partial charge in [0.05, 0.1) is 12.1 Å². The first-order valence-electron chi connectivity index (χ1n) is 9.65. The molecule has 0 radical (unpaired) electrons. The molecule has 12 heteroatoms. The van der Waals surface area contributed by atoms with E-state index in [-0.39, 0.29) is 44.7 Å². The third kappa shape index (κ3) is 5.44. The van der Waals surface area contributed by atoms with Crippen molar-refractivity contribution in [2.75, 3.05) is 5.32 Å². The van der Waals surface area contributed by atoms with Gasteiger partial charge in [-0.15, -0.1) is 0 Å². The van der Waals surface area contributed by atoms with Gasteiger partial charge in [-0.05, 0) is 42.5 Å². The maximum Gasteiger partial charge on any atom is 0.261 e. The number of nitrogens with one attached hydrogen (secondary N) is 2. The van der Waals surface area contributed by atoms with Crippen LogP contribution in [0.4, 0.5) is 10.1 Å². The molecule has 10 nitrogen and oxygen atoms in total. The number of hydrogen-bond acceptors (Lipinski definition) is 4. The second-order valence-electron chi connectivity index (χ2n) is 7.18. The van der Waals surface area contributed by atoms with E-state index in [9.17, 15) is 23.6 Å². The predicted molar refractivity (Wildman–Crippen MR) is 129 cm³/mol. The van der Waals surface area contributed by atoms with Crippen molar-refractivity contribution in [3.63, 3.8) is 0 Å². The molecule has 2 amide bonds. The van der Waals surface area contributed by atoms with Gasteiger partial charge in [-0.3, -0.25) is 19.2 Å². The maximum absolute atomic E-state index is 14.4. The van der Waals surface area contributed by atoms with E-state index in [0.717, 1.165) is 0 Å². The first kappa shape index (κ1) is 26.9. The third-order valence-electron chi connectivity index (χ3n) is 5.03.